The molecule has 0 radical (unpaired) electrons. The molecule has 1 fully saturated rings. The maximum absolute atomic E-state index is 13.3. The average Bonchev–Trinajstić information content (AvgIpc) is 3.09. The lowest BCUT2D eigenvalue weighted by Gasteiger charge is -2.29. The molecule has 2 aliphatic rings. The summed E-state index contributed by atoms with van der Waals surface area (Å²) in [5.74, 6) is -2.82. The largest absolute Gasteiger partial charge is 0.386 e. The van der Waals surface area contributed by atoms with E-state index in [-0.39, 0.29) is 24.8 Å². The van der Waals surface area contributed by atoms with Crippen LogP contribution in [0.4, 0.5) is 8.78 Å². The van der Waals surface area contributed by atoms with Crippen LogP contribution < -0.4 is 10.6 Å². The summed E-state index contributed by atoms with van der Waals surface area (Å²) in [6, 6.07) is 5.81. The topological polar surface area (TPSA) is 59.0 Å². The van der Waals surface area contributed by atoms with Gasteiger partial charge in [-0.15, -0.1) is 0 Å². The number of alkyl halides is 2. The number of hydrogen-bond acceptors (Lipinski definition) is 3. The normalized spacial score (nSPS) is 19.0. The van der Waals surface area contributed by atoms with Gasteiger partial charge >= 0.3 is 0 Å². The smallest absolute Gasteiger partial charge is 0.253 e. The molecule has 7 heteroatoms. The zero-order valence-corrected chi connectivity index (χ0v) is 15.1. The molecule has 2 N–H and O–H groups in total. The van der Waals surface area contributed by atoms with Crippen molar-refractivity contribution < 1.29 is 13.6 Å². The Hall–Kier alpha value is -2.70. The Labute approximate surface area is 156 Å². The first kappa shape index (κ1) is 17.7. The van der Waals surface area contributed by atoms with Crippen molar-refractivity contribution in [3.8, 4) is 11.1 Å². The van der Waals surface area contributed by atoms with Crippen LogP contribution in [-0.2, 0) is 18.4 Å². The molecule has 0 unspecified atom stereocenters. The van der Waals surface area contributed by atoms with Gasteiger partial charge in [-0.25, -0.2) is 8.78 Å². The summed E-state index contributed by atoms with van der Waals surface area (Å²) >= 11 is 0. The standard InChI is InChI=1S/C20H22F2N4O/c1-26-12-15(10-24-26)13-2-3-14-9-23-11-18(17(14)8-13)19(27)25-16-4-6-20(21,22)7-5-16/h2-3,8,10-12,16,23H,4-7,9H2,1H3,(H,25,27). The number of carbonyl (C=O) groups is 1. The summed E-state index contributed by atoms with van der Waals surface area (Å²) in [6.07, 6.45) is 5.70. The molecule has 2 aromatic rings. The van der Waals surface area contributed by atoms with Crippen LogP contribution >= 0.6 is 0 Å². The number of amides is 1. The van der Waals surface area contributed by atoms with Crippen molar-refractivity contribution >= 4 is 11.5 Å². The molecule has 0 atom stereocenters. The molecule has 1 saturated carbocycles. The van der Waals surface area contributed by atoms with Crippen molar-refractivity contribution in [1.82, 2.24) is 20.4 Å². The molecule has 0 spiro atoms. The van der Waals surface area contributed by atoms with Gasteiger partial charge in [0.25, 0.3) is 5.91 Å². The van der Waals surface area contributed by atoms with E-state index < -0.39 is 5.92 Å². The van der Waals surface area contributed by atoms with Gasteiger partial charge in [0.1, 0.15) is 0 Å². The van der Waals surface area contributed by atoms with Gasteiger partial charge in [-0.3, -0.25) is 9.48 Å². The minimum absolute atomic E-state index is 0.170. The molecule has 1 aromatic heterocycles. The second-order valence-corrected chi connectivity index (χ2v) is 7.32. The van der Waals surface area contributed by atoms with Gasteiger partial charge in [-0.05, 0) is 35.6 Å². The first-order valence-electron chi connectivity index (χ1n) is 9.16. The number of hydrogen-bond donors (Lipinski definition) is 2. The van der Waals surface area contributed by atoms with Gasteiger partial charge in [0.05, 0.1) is 11.8 Å². The second kappa shape index (κ2) is 6.79. The molecule has 4 rings (SSSR count). The molecule has 1 amide bonds. The number of benzene rings is 1. The van der Waals surface area contributed by atoms with Gasteiger partial charge in [0, 0.05) is 50.4 Å². The molecule has 1 aliphatic heterocycles. The number of fused-ring (bicyclic) bond motifs is 1. The molecule has 2 heterocycles. The summed E-state index contributed by atoms with van der Waals surface area (Å²) in [6.45, 7) is 0.648. The number of carbonyl (C=O) groups excluding carboxylic acids is 1. The lowest BCUT2D eigenvalue weighted by atomic mass is 9.90. The Kier molecular flexibility index (Phi) is 4.45. The highest BCUT2D eigenvalue weighted by atomic mass is 19.3. The Morgan fingerprint density at radius 2 is 2.07 bits per heavy atom. The van der Waals surface area contributed by atoms with E-state index in [9.17, 15) is 13.6 Å². The summed E-state index contributed by atoms with van der Waals surface area (Å²) < 4.78 is 28.4. The van der Waals surface area contributed by atoms with E-state index in [2.05, 4.69) is 15.7 Å². The predicted octanol–water partition coefficient (Wildman–Crippen LogP) is 3.23. The van der Waals surface area contributed by atoms with Gasteiger partial charge in [-0.1, -0.05) is 12.1 Å². The summed E-state index contributed by atoms with van der Waals surface area (Å²) in [5.41, 5.74) is 4.41. The predicted molar refractivity (Wildman–Crippen MR) is 98.8 cm³/mol. The van der Waals surface area contributed by atoms with Crippen LogP contribution in [0.5, 0.6) is 0 Å². The first-order chi connectivity index (χ1) is 12.9. The third-order valence-corrected chi connectivity index (χ3v) is 5.27. The number of aromatic nitrogens is 2. The van der Waals surface area contributed by atoms with Crippen molar-refractivity contribution in [2.75, 3.05) is 0 Å². The lowest BCUT2D eigenvalue weighted by Crippen LogP contribution is -2.41. The minimum atomic E-state index is -2.60. The molecule has 0 bridgehead atoms. The number of nitrogens with zero attached hydrogens (tertiary/aromatic N) is 2. The van der Waals surface area contributed by atoms with Crippen LogP contribution in [0.3, 0.4) is 0 Å². The maximum Gasteiger partial charge on any atom is 0.253 e. The Morgan fingerprint density at radius 1 is 1.30 bits per heavy atom. The molecular formula is C20H22F2N4O. The number of nitrogens with one attached hydrogen (secondary N) is 2. The molecule has 1 aliphatic carbocycles. The maximum atomic E-state index is 13.3. The van der Waals surface area contributed by atoms with Gasteiger partial charge in [0.2, 0.25) is 5.92 Å². The van der Waals surface area contributed by atoms with Crippen LogP contribution in [0.2, 0.25) is 0 Å². The van der Waals surface area contributed by atoms with Crippen molar-refractivity contribution in [2.24, 2.45) is 7.05 Å². The van der Waals surface area contributed by atoms with E-state index in [0.29, 0.717) is 25.0 Å². The lowest BCUT2D eigenvalue weighted by molar-refractivity contribution is -0.117. The van der Waals surface area contributed by atoms with E-state index >= 15 is 0 Å². The summed E-state index contributed by atoms with van der Waals surface area (Å²) in [5, 5.41) is 10.3. The second-order valence-electron chi connectivity index (χ2n) is 7.32. The van der Waals surface area contributed by atoms with Crippen molar-refractivity contribution in [3.63, 3.8) is 0 Å². The van der Waals surface area contributed by atoms with Crippen molar-refractivity contribution in [2.45, 2.75) is 44.2 Å². The zero-order chi connectivity index (χ0) is 19.0. The Bertz CT molecular complexity index is 893. The SMILES string of the molecule is Cn1cc(-c2ccc3c(c2)C(C(=O)NC2CCC(F)(F)CC2)=CNC3)cn1. The van der Waals surface area contributed by atoms with Crippen molar-refractivity contribution in [1.29, 1.82) is 0 Å². The van der Waals surface area contributed by atoms with Gasteiger partial charge in [0.15, 0.2) is 0 Å². The number of rotatable bonds is 3. The van der Waals surface area contributed by atoms with Crippen LogP contribution in [0.15, 0.2) is 36.8 Å². The minimum Gasteiger partial charge on any atom is -0.386 e. The van der Waals surface area contributed by atoms with Crippen LogP contribution in [0.25, 0.3) is 16.7 Å². The molecule has 142 valence electrons. The van der Waals surface area contributed by atoms with E-state index in [0.717, 1.165) is 22.3 Å². The fourth-order valence-corrected chi connectivity index (χ4v) is 3.71. The average molecular weight is 372 g/mol. The highest BCUT2D eigenvalue weighted by Crippen LogP contribution is 2.34. The molecule has 27 heavy (non-hydrogen) atoms. The third kappa shape index (κ3) is 3.72. The fourth-order valence-electron chi connectivity index (χ4n) is 3.71. The third-order valence-electron chi connectivity index (χ3n) is 5.27. The number of halogens is 2. The monoisotopic (exact) mass is 372 g/mol. The van der Waals surface area contributed by atoms with Crippen LogP contribution in [0, 0.1) is 0 Å². The van der Waals surface area contributed by atoms with Crippen LogP contribution in [-0.4, -0.2) is 27.7 Å². The molecule has 5 nitrogen and oxygen atoms in total. The first-order valence-corrected chi connectivity index (χ1v) is 9.16. The molecule has 0 saturated heterocycles. The van der Waals surface area contributed by atoms with Gasteiger partial charge in [-0.2, -0.15) is 5.10 Å². The Balaban J connectivity index is 1.54. The summed E-state index contributed by atoms with van der Waals surface area (Å²) in [7, 11) is 1.86. The fraction of sp³-hybridized carbons (Fsp3) is 0.400. The van der Waals surface area contributed by atoms with E-state index in [1.807, 2.05) is 31.4 Å². The van der Waals surface area contributed by atoms with Crippen molar-refractivity contribution in [3.05, 3.63) is 47.9 Å². The van der Waals surface area contributed by atoms with E-state index in [1.54, 1.807) is 17.1 Å². The number of aryl methyl sites for hydroxylation is 1. The molecule has 1 aromatic carbocycles. The highest BCUT2D eigenvalue weighted by molar-refractivity contribution is 6.20. The zero-order valence-electron chi connectivity index (χ0n) is 15.1. The van der Waals surface area contributed by atoms with Gasteiger partial charge < -0.3 is 10.6 Å². The summed E-state index contributed by atoms with van der Waals surface area (Å²) in [4.78, 5) is 12.8. The van der Waals surface area contributed by atoms with E-state index in [1.165, 1.54) is 0 Å². The highest BCUT2D eigenvalue weighted by Gasteiger charge is 2.35. The van der Waals surface area contributed by atoms with Crippen LogP contribution in [0.1, 0.15) is 36.8 Å². The quantitative estimate of drug-likeness (QED) is 0.870. The van der Waals surface area contributed by atoms with E-state index in [4.69, 9.17) is 0 Å². The molecular weight excluding hydrogens is 350 g/mol. The Morgan fingerprint density at radius 3 is 2.78 bits per heavy atom.